The van der Waals surface area contributed by atoms with Crippen molar-refractivity contribution < 1.29 is 27.6 Å². The minimum Gasteiger partial charge on any atom is -0.338 e. The van der Waals surface area contributed by atoms with Crippen molar-refractivity contribution in [3.8, 4) is 0 Å². The first kappa shape index (κ1) is 20.0. The SMILES string of the molecule is O=C(NCCCN1C(=O)NC2(CCCC2)C1=O)Nc1cccc(C(F)(F)F)c1. The number of imide groups is 1. The van der Waals surface area contributed by atoms with Crippen molar-refractivity contribution in [3.05, 3.63) is 29.8 Å². The third kappa shape index (κ3) is 4.20. The van der Waals surface area contributed by atoms with E-state index in [0.717, 1.165) is 29.9 Å². The zero-order chi connectivity index (χ0) is 20.4. The summed E-state index contributed by atoms with van der Waals surface area (Å²) in [7, 11) is 0. The van der Waals surface area contributed by atoms with E-state index in [9.17, 15) is 27.6 Å². The zero-order valence-corrected chi connectivity index (χ0v) is 15.1. The highest BCUT2D eigenvalue weighted by Gasteiger charge is 2.51. The largest absolute Gasteiger partial charge is 0.416 e. The highest BCUT2D eigenvalue weighted by molar-refractivity contribution is 6.07. The normalized spacial score (nSPS) is 18.5. The fourth-order valence-corrected chi connectivity index (χ4v) is 3.58. The average molecular weight is 398 g/mol. The number of hydrogen-bond donors (Lipinski definition) is 3. The Morgan fingerprint density at radius 3 is 2.61 bits per heavy atom. The van der Waals surface area contributed by atoms with E-state index in [2.05, 4.69) is 16.0 Å². The maximum absolute atomic E-state index is 12.7. The molecule has 2 aliphatic rings. The molecule has 2 fully saturated rings. The summed E-state index contributed by atoms with van der Waals surface area (Å²) in [5, 5.41) is 7.61. The quantitative estimate of drug-likeness (QED) is 0.526. The Balaban J connectivity index is 1.44. The second-order valence-electron chi connectivity index (χ2n) is 6.99. The number of nitrogens with one attached hydrogen (secondary N) is 3. The number of halogens is 3. The summed E-state index contributed by atoms with van der Waals surface area (Å²) in [6.45, 7) is 0.325. The van der Waals surface area contributed by atoms with Gasteiger partial charge in [0.25, 0.3) is 5.91 Å². The number of urea groups is 2. The second kappa shape index (κ2) is 7.69. The zero-order valence-electron chi connectivity index (χ0n) is 15.1. The van der Waals surface area contributed by atoms with Gasteiger partial charge in [0.2, 0.25) is 0 Å². The van der Waals surface area contributed by atoms with Gasteiger partial charge in [0.05, 0.1) is 5.56 Å². The number of carbonyl (C=O) groups excluding carboxylic acids is 3. The third-order valence-corrected chi connectivity index (χ3v) is 4.99. The van der Waals surface area contributed by atoms with Gasteiger partial charge in [-0.3, -0.25) is 9.69 Å². The van der Waals surface area contributed by atoms with Crippen LogP contribution in [0.3, 0.4) is 0 Å². The molecule has 1 spiro atoms. The van der Waals surface area contributed by atoms with Crippen LogP contribution in [-0.2, 0) is 11.0 Å². The first-order valence-corrected chi connectivity index (χ1v) is 9.07. The van der Waals surface area contributed by atoms with Gasteiger partial charge >= 0.3 is 18.2 Å². The third-order valence-electron chi connectivity index (χ3n) is 4.99. The minimum atomic E-state index is -4.49. The van der Waals surface area contributed by atoms with Crippen molar-refractivity contribution in [3.63, 3.8) is 0 Å². The molecule has 1 saturated heterocycles. The van der Waals surface area contributed by atoms with E-state index in [-0.39, 0.29) is 24.7 Å². The number of nitrogens with zero attached hydrogens (tertiary/aromatic N) is 1. The molecule has 5 amide bonds. The topological polar surface area (TPSA) is 90.5 Å². The van der Waals surface area contributed by atoms with Crippen LogP contribution in [0.25, 0.3) is 0 Å². The van der Waals surface area contributed by atoms with Crippen molar-refractivity contribution in [2.75, 3.05) is 18.4 Å². The maximum Gasteiger partial charge on any atom is 0.416 e. The summed E-state index contributed by atoms with van der Waals surface area (Å²) in [5.74, 6) is -0.219. The van der Waals surface area contributed by atoms with Crippen molar-refractivity contribution >= 4 is 23.7 Å². The highest BCUT2D eigenvalue weighted by Crippen LogP contribution is 2.35. The predicted octanol–water partition coefficient (Wildman–Crippen LogP) is 3.08. The number of rotatable bonds is 5. The van der Waals surface area contributed by atoms with E-state index in [0.29, 0.717) is 19.3 Å². The molecule has 0 unspecified atom stereocenters. The lowest BCUT2D eigenvalue weighted by Gasteiger charge is -2.20. The fourth-order valence-electron chi connectivity index (χ4n) is 3.58. The summed E-state index contributed by atoms with van der Waals surface area (Å²) < 4.78 is 38.0. The number of carbonyl (C=O) groups is 3. The van der Waals surface area contributed by atoms with Gasteiger partial charge < -0.3 is 16.0 Å². The molecule has 0 radical (unpaired) electrons. The van der Waals surface area contributed by atoms with Crippen molar-refractivity contribution in [2.24, 2.45) is 0 Å². The van der Waals surface area contributed by atoms with Crippen LogP contribution in [0.1, 0.15) is 37.7 Å². The first-order chi connectivity index (χ1) is 13.2. The lowest BCUT2D eigenvalue weighted by Crippen LogP contribution is -2.44. The summed E-state index contributed by atoms with van der Waals surface area (Å²) in [4.78, 5) is 37.5. The molecule has 1 saturated carbocycles. The monoisotopic (exact) mass is 398 g/mol. The summed E-state index contributed by atoms with van der Waals surface area (Å²) in [6.07, 6.45) is -1.06. The standard InChI is InChI=1S/C18H21F3N4O3/c19-18(20,21)12-5-3-6-13(11-12)23-15(27)22-9-4-10-25-14(26)17(24-16(25)28)7-1-2-8-17/h3,5-6,11H,1-2,4,7-10H2,(H,24,28)(H2,22,23,27). The van der Waals surface area contributed by atoms with E-state index < -0.39 is 29.3 Å². The van der Waals surface area contributed by atoms with Crippen LogP contribution >= 0.6 is 0 Å². The Kier molecular flexibility index (Phi) is 5.48. The van der Waals surface area contributed by atoms with Gasteiger partial charge in [0.15, 0.2) is 0 Å². The number of hydrogen-bond acceptors (Lipinski definition) is 3. The van der Waals surface area contributed by atoms with Crippen molar-refractivity contribution in [2.45, 2.75) is 43.8 Å². The highest BCUT2D eigenvalue weighted by atomic mass is 19.4. The van der Waals surface area contributed by atoms with Gasteiger partial charge in [-0.25, -0.2) is 9.59 Å². The number of amides is 5. The molecule has 0 aromatic heterocycles. The lowest BCUT2D eigenvalue weighted by atomic mass is 9.98. The number of benzene rings is 1. The Morgan fingerprint density at radius 2 is 1.93 bits per heavy atom. The molecular weight excluding hydrogens is 377 g/mol. The molecule has 1 aromatic rings. The lowest BCUT2D eigenvalue weighted by molar-refractivity contribution is -0.137. The van der Waals surface area contributed by atoms with Crippen LogP contribution in [0.2, 0.25) is 0 Å². The van der Waals surface area contributed by atoms with E-state index in [1.54, 1.807) is 0 Å². The van der Waals surface area contributed by atoms with E-state index in [1.165, 1.54) is 12.1 Å². The summed E-state index contributed by atoms with van der Waals surface area (Å²) in [5.41, 5.74) is -1.60. The molecule has 1 heterocycles. The van der Waals surface area contributed by atoms with Crippen LogP contribution in [0, 0.1) is 0 Å². The van der Waals surface area contributed by atoms with Crippen molar-refractivity contribution in [1.82, 2.24) is 15.5 Å². The molecule has 1 aliphatic heterocycles. The fraction of sp³-hybridized carbons (Fsp3) is 0.500. The Labute approximate surface area is 159 Å². The number of anilines is 1. The van der Waals surface area contributed by atoms with Crippen LogP contribution in [0.15, 0.2) is 24.3 Å². The molecule has 152 valence electrons. The molecule has 28 heavy (non-hydrogen) atoms. The average Bonchev–Trinajstić information content (AvgIpc) is 3.18. The first-order valence-electron chi connectivity index (χ1n) is 9.07. The number of alkyl halides is 3. The predicted molar refractivity (Wildman–Crippen MR) is 94.5 cm³/mol. The molecule has 3 N–H and O–H groups in total. The summed E-state index contributed by atoms with van der Waals surface area (Å²) >= 11 is 0. The van der Waals surface area contributed by atoms with Crippen molar-refractivity contribution in [1.29, 1.82) is 0 Å². The van der Waals surface area contributed by atoms with Gasteiger partial charge in [-0.05, 0) is 37.5 Å². The van der Waals surface area contributed by atoms with Crippen LogP contribution in [0.4, 0.5) is 28.4 Å². The Morgan fingerprint density at radius 1 is 1.21 bits per heavy atom. The summed E-state index contributed by atoms with van der Waals surface area (Å²) in [6, 6.07) is 3.23. The molecule has 3 rings (SSSR count). The van der Waals surface area contributed by atoms with Gasteiger partial charge in [-0.1, -0.05) is 18.9 Å². The Bertz CT molecular complexity index is 776. The van der Waals surface area contributed by atoms with Crippen LogP contribution in [0.5, 0.6) is 0 Å². The molecule has 0 bridgehead atoms. The molecule has 0 atom stereocenters. The van der Waals surface area contributed by atoms with Gasteiger partial charge in [0.1, 0.15) is 5.54 Å². The van der Waals surface area contributed by atoms with E-state index >= 15 is 0 Å². The van der Waals surface area contributed by atoms with Gasteiger partial charge in [-0.2, -0.15) is 13.2 Å². The Hall–Kier alpha value is -2.78. The molecule has 7 nitrogen and oxygen atoms in total. The molecule has 1 aromatic carbocycles. The molecule has 1 aliphatic carbocycles. The van der Waals surface area contributed by atoms with Gasteiger partial charge in [0, 0.05) is 18.8 Å². The minimum absolute atomic E-state index is 0.0181. The van der Waals surface area contributed by atoms with Crippen LogP contribution in [-0.4, -0.2) is 41.5 Å². The van der Waals surface area contributed by atoms with E-state index in [1.807, 2.05) is 0 Å². The van der Waals surface area contributed by atoms with Crippen LogP contribution < -0.4 is 16.0 Å². The van der Waals surface area contributed by atoms with Gasteiger partial charge in [-0.15, -0.1) is 0 Å². The van der Waals surface area contributed by atoms with E-state index in [4.69, 9.17) is 0 Å². The molecule has 10 heteroatoms. The second-order valence-corrected chi connectivity index (χ2v) is 6.99. The maximum atomic E-state index is 12.7. The molecular formula is C18H21F3N4O3. The smallest absolute Gasteiger partial charge is 0.338 e.